The van der Waals surface area contributed by atoms with Crippen molar-refractivity contribution in [1.82, 2.24) is 19.8 Å². The van der Waals surface area contributed by atoms with Gasteiger partial charge in [-0.1, -0.05) is 13.3 Å². The van der Waals surface area contributed by atoms with Crippen molar-refractivity contribution in [2.24, 2.45) is 11.8 Å². The summed E-state index contributed by atoms with van der Waals surface area (Å²) < 4.78 is 31.7. The molecule has 2 aliphatic rings. The number of sulfonamides is 1. The van der Waals surface area contributed by atoms with Crippen LogP contribution in [-0.2, 0) is 29.1 Å². The van der Waals surface area contributed by atoms with Crippen molar-refractivity contribution in [3.8, 4) is 0 Å². The number of hydrogen-bond acceptors (Lipinski definition) is 7. The second-order valence-corrected chi connectivity index (χ2v) is 13.4. The van der Waals surface area contributed by atoms with E-state index in [4.69, 9.17) is 4.74 Å². The Bertz CT molecular complexity index is 957. The standard InChI is InChI=1S/C26H46N4O8S/c1-5-6-16-39(36,37)28-21(24(33)34)17-27-23(32)20-8-7-13-30(18-20)22(31)10-9-19-11-14-29(15-12-19)25(35)38-26(2,3)4/h19-21,28H,5-18H2,1-4H3,(H,27,32)(H,33,34)/t20-,21?/m1/s1. The zero-order valence-corrected chi connectivity index (χ0v) is 24.6. The third-order valence-corrected chi connectivity index (χ3v) is 8.51. The molecule has 0 radical (unpaired) electrons. The molecule has 3 N–H and O–H groups in total. The third kappa shape index (κ3) is 11.7. The molecule has 13 heteroatoms. The fourth-order valence-electron chi connectivity index (χ4n) is 4.77. The molecule has 2 aliphatic heterocycles. The van der Waals surface area contributed by atoms with Crippen LogP contribution in [0.1, 0.15) is 79.1 Å². The Morgan fingerprint density at radius 3 is 2.31 bits per heavy atom. The molecule has 0 saturated carbocycles. The Hall–Kier alpha value is -2.41. The smallest absolute Gasteiger partial charge is 0.410 e. The van der Waals surface area contributed by atoms with Gasteiger partial charge in [-0.3, -0.25) is 14.4 Å². The number of carbonyl (C=O) groups is 4. The second kappa shape index (κ2) is 14.8. The molecule has 0 aromatic rings. The first kappa shape index (κ1) is 32.8. The number of unbranched alkanes of at least 4 members (excludes halogenated alkanes) is 1. The summed E-state index contributed by atoms with van der Waals surface area (Å²) in [5, 5.41) is 12.0. The number of ether oxygens (including phenoxy) is 1. The number of nitrogens with one attached hydrogen (secondary N) is 2. The minimum Gasteiger partial charge on any atom is -0.480 e. The monoisotopic (exact) mass is 574 g/mol. The Morgan fingerprint density at radius 1 is 1.05 bits per heavy atom. The molecular weight excluding hydrogens is 528 g/mol. The molecule has 2 atom stereocenters. The number of hydrogen-bond donors (Lipinski definition) is 3. The first-order valence-electron chi connectivity index (χ1n) is 14.0. The highest BCUT2D eigenvalue weighted by Crippen LogP contribution is 2.25. The van der Waals surface area contributed by atoms with Crippen molar-refractivity contribution in [2.75, 3.05) is 38.5 Å². The molecule has 0 aliphatic carbocycles. The zero-order valence-electron chi connectivity index (χ0n) is 23.7. The summed E-state index contributed by atoms with van der Waals surface area (Å²) in [7, 11) is -3.77. The van der Waals surface area contributed by atoms with E-state index in [9.17, 15) is 32.7 Å². The fraction of sp³-hybridized carbons (Fsp3) is 0.846. The molecule has 2 heterocycles. The van der Waals surface area contributed by atoms with Crippen molar-refractivity contribution in [1.29, 1.82) is 0 Å². The van der Waals surface area contributed by atoms with Gasteiger partial charge >= 0.3 is 12.1 Å². The van der Waals surface area contributed by atoms with Crippen LogP contribution in [0.15, 0.2) is 0 Å². The average Bonchev–Trinajstić information content (AvgIpc) is 2.87. The van der Waals surface area contributed by atoms with Crippen LogP contribution in [0.25, 0.3) is 0 Å². The van der Waals surface area contributed by atoms with E-state index in [2.05, 4.69) is 10.0 Å². The topological polar surface area (TPSA) is 162 Å². The number of rotatable bonds is 12. The largest absolute Gasteiger partial charge is 0.480 e. The van der Waals surface area contributed by atoms with Gasteiger partial charge in [0.1, 0.15) is 11.6 Å². The number of aliphatic carboxylic acids is 1. The van der Waals surface area contributed by atoms with E-state index in [1.165, 1.54) is 0 Å². The number of likely N-dealkylation sites (tertiary alicyclic amines) is 2. The Labute approximate surface area is 232 Å². The summed E-state index contributed by atoms with van der Waals surface area (Å²) in [6.45, 7) is 9.00. The molecule has 0 aromatic carbocycles. The molecular formula is C26H46N4O8S. The van der Waals surface area contributed by atoms with Crippen molar-refractivity contribution in [3.63, 3.8) is 0 Å². The van der Waals surface area contributed by atoms with Crippen molar-refractivity contribution < 1.29 is 37.4 Å². The van der Waals surface area contributed by atoms with Gasteiger partial charge < -0.3 is 25.0 Å². The molecule has 39 heavy (non-hydrogen) atoms. The summed E-state index contributed by atoms with van der Waals surface area (Å²) in [6.07, 6.45) is 4.68. The number of nitrogens with zero attached hydrogens (tertiary/aromatic N) is 2. The number of carboxylic acids is 1. The van der Waals surface area contributed by atoms with Gasteiger partial charge in [0.25, 0.3) is 0 Å². The van der Waals surface area contributed by atoms with Crippen LogP contribution >= 0.6 is 0 Å². The van der Waals surface area contributed by atoms with Crippen LogP contribution in [-0.4, -0.2) is 97.3 Å². The lowest BCUT2D eigenvalue weighted by molar-refractivity contribution is -0.139. The Balaban J connectivity index is 1.77. The minimum absolute atomic E-state index is 0.0193. The Kier molecular flexibility index (Phi) is 12.5. The normalized spacial score (nSPS) is 19.8. The number of carbonyl (C=O) groups excluding carboxylic acids is 3. The quantitative estimate of drug-likeness (QED) is 0.318. The van der Waals surface area contributed by atoms with Gasteiger partial charge in [-0.15, -0.1) is 0 Å². The van der Waals surface area contributed by atoms with Gasteiger partial charge in [0.05, 0.1) is 11.7 Å². The predicted molar refractivity (Wildman–Crippen MR) is 145 cm³/mol. The molecule has 1 unspecified atom stereocenters. The molecule has 0 bridgehead atoms. The summed E-state index contributed by atoms with van der Waals surface area (Å²) in [5.41, 5.74) is -0.534. The number of carboxylic acid groups (broad SMARTS) is 1. The van der Waals surface area contributed by atoms with E-state index in [0.717, 1.165) is 12.8 Å². The third-order valence-electron chi connectivity index (χ3n) is 7.04. The molecule has 3 amide bonds. The van der Waals surface area contributed by atoms with Gasteiger partial charge in [-0.25, -0.2) is 13.2 Å². The Morgan fingerprint density at radius 2 is 1.72 bits per heavy atom. The molecule has 2 fully saturated rings. The van der Waals surface area contributed by atoms with E-state index in [-0.39, 0.29) is 36.7 Å². The maximum absolute atomic E-state index is 12.9. The van der Waals surface area contributed by atoms with E-state index in [0.29, 0.717) is 64.1 Å². The van der Waals surface area contributed by atoms with Crippen LogP contribution in [0, 0.1) is 11.8 Å². The van der Waals surface area contributed by atoms with Crippen LogP contribution in [0.5, 0.6) is 0 Å². The average molecular weight is 575 g/mol. The highest BCUT2D eigenvalue weighted by atomic mass is 32.2. The van der Waals surface area contributed by atoms with Gasteiger partial charge in [0, 0.05) is 39.1 Å². The number of amides is 3. The first-order valence-corrected chi connectivity index (χ1v) is 15.6. The van der Waals surface area contributed by atoms with E-state index >= 15 is 0 Å². The first-order chi connectivity index (χ1) is 18.2. The fourth-order valence-corrected chi connectivity index (χ4v) is 6.17. The molecule has 2 saturated heterocycles. The summed E-state index contributed by atoms with van der Waals surface area (Å²) in [5.74, 6) is -2.09. The van der Waals surface area contributed by atoms with Crippen molar-refractivity contribution in [3.05, 3.63) is 0 Å². The van der Waals surface area contributed by atoms with Crippen LogP contribution in [0.3, 0.4) is 0 Å². The molecule has 2 rings (SSSR count). The van der Waals surface area contributed by atoms with Crippen LogP contribution < -0.4 is 10.0 Å². The lowest BCUT2D eigenvalue weighted by Gasteiger charge is -2.34. The van der Waals surface area contributed by atoms with Gasteiger partial charge in [0.2, 0.25) is 21.8 Å². The highest BCUT2D eigenvalue weighted by Gasteiger charge is 2.31. The molecule has 0 aromatic heterocycles. The van der Waals surface area contributed by atoms with Crippen molar-refractivity contribution >= 4 is 33.9 Å². The number of piperidine rings is 2. The maximum atomic E-state index is 12.9. The predicted octanol–water partition coefficient (Wildman–Crippen LogP) is 1.94. The van der Waals surface area contributed by atoms with E-state index in [1.54, 1.807) is 9.80 Å². The summed E-state index contributed by atoms with van der Waals surface area (Å²) in [4.78, 5) is 52.8. The van der Waals surface area contributed by atoms with E-state index < -0.39 is 33.6 Å². The molecule has 12 nitrogen and oxygen atoms in total. The highest BCUT2D eigenvalue weighted by molar-refractivity contribution is 7.89. The lowest BCUT2D eigenvalue weighted by atomic mass is 9.91. The molecule has 224 valence electrons. The zero-order chi connectivity index (χ0) is 29.2. The van der Waals surface area contributed by atoms with E-state index in [1.807, 2.05) is 27.7 Å². The maximum Gasteiger partial charge on any atom is 0.410 e. The SMILES string of the molecule is CCCCS(=O)(=O)NC(CNC(=O)[C@@H]1CCCN(C(=O)CCC2CCN(C(=O)OC(C)(C)C)CC2)C1)C(=O)O. The summed E-state index contributed by atoms with van der Waals surface area (Å²) >= 11 is 0. The van der Waals surface area contributed by atoms with Gasteiger partial charge in [-0.05, 0) is 65.2 Å². The van der Waals surface area contributed by atoms with Crippen molar-refractivity contribution in [2.45, 2.75) is 90.7 Å². The van der Waals surface area contributed by atoms with Gasteiger partial charge in [0.15, 0.2) is 0 Å². The molecule has 0 spiro atoms. The lowest BCUT2D eigenvalue weighted by Crippen LogP contribution is -2.51. The van der Waals surface area contributed by atoms with Crippen LogP contribution in [0.2, 0.25) is 0 Å². The minimum atomic E-state index is -3.77. The van der Waals surface area contributed by atoms with Crippen LogP contribution in [0.4, 0.5) is 4.79 Å². The summed E-state index contributed by atoms with van der Waals surface area (Å²) in [6, 6.07) is -1.46. The second-order valence-electron chi connectivity index (χ2n) is 11.6. The van der Waals surface area contributed by atoms with Gasteiger partial charge in [-0.2, -0.15) is 4.72 Å².